The van der Waals surface area contributed by atoms with Crippen LogP contribution in [0.25, 0.3) is 10.8 Å². The van der Waals surface area contributed by atoms with Crippen molar-refractivity contribution in [3.05, 3.63) is 42.0 Å². The van der Waals surface area contributed by atoms with Crippen LogP contribution in [0.1, 0.15) is 43.5 Å². The van der Waals surface area contributed by atoms with Gasteiger partial charge < -0.3 is 14.4 Å². The van der Waals surface area contributed by atoms with Crippen LogP contribution in [-0.2, 0) is 9.53 Å². The molecular weight excluding hydrogens is 330 g/mol. The number of nitrogens with zero attached hydrogens (tertiary/aromatic N) is 1. The van der Waals surface area contributed by atoms with E-state index in [1.165, 1.54) is 0 Å². The zero-order chi connectivity index (χ0) is 18.7. The molecule has 2 atom stereocenters. The number of carbonyl (C=O) groups excluding carboxylic acids is 2. The van der Waals surface area contributed by atoms with Gasteiger partial charge in [-0.3, -0.25) is 4.79 Å². The monoisotopic (exact) mass is 355 g/mol. The van der Waals surface area contributed by atoms with Crippen molar-refractivity contribution in [2.75, 3.05) is 13.7 Å². The summed E-state index contributed by atoms with van der Waals surface area (Å²) >= 11 is 0. The molecule has 2 aromatic rings. The topological polar surface area (TPSA) is 55.8 Å². The van der Waals surface area contributed by atoms with Gasteiger partial charge >= 0.3 is 5.97 Å². The zero-order valence-electron chi connectivity index (χ0n) is 15.5. The van der Waals surface area contributed by atoms with Gasteiger partial charge in [-0.1, -0.05) is 24.3 Å². The highest BCUT2D eigenvalue weighted by atomic mass is 16.5. The summed E-state index contributed by atoms with van der Waals surface area (Å²) in [5.74, 6) is 0.0783. The summed E-state index contributed by atoms with van der Waals surface area (Å²) in [4.78, 5) is 27.0. The van der Waals surface area contributed by atoms with Gasteiger partial charge in [0.2, 0.25) is 0 Å². The first kappa shape index (κ1) is 18.2. The van der Waals surface area contributed by atoms with E-state index in [0.717, 1.165) is 30.0 Å². The number of benzene rings is 2. The van der Waals surface area contributed by atoms with Crippen molar-refractivity contribution in [2.45, 2.75) is 45.2 Å². The fourth-order valence-corrected chi connectivity index (χ4v) is 3.82. The Balaban J connectivity index is 1.75. The van der Waals surface area contributed by atoms with Crippen molar-refractivity contribution >= 4 is 22.6 Å². The zero-order valence-corrected chi connectivity index (χ0v) is 15.5. The van der Waals surface area contributed by atoms with Crippen LogP contribution in [-0.4, -0.2) is 42.6 Å². The predicted molar refractivity (Wildman–Crippen MR) is 100 cm³/mol. The van der Waals surface area contributed by atoms with E-state index in [-0.39, 0.29) is 24.6 Å². The molecule has 0 aliphatic carbocycles. The largest absolute Gasteiger partial charge is 0.496 e. The molecule has 1 saturated heterocycles. The van der Waals surface area contributed by atoms with Gasteiger partial charge in [-0.15, -0.1) is 0 Å². The van der Waals surface area contributed by atoms with Crippen LogP contribution >= 0.6 is 0 Å². The first-order chi connectivity index (χ1) is 12.5. The highest BCUT2D eigenvalue weighted by molar-refractivity contribution is 6.06. The Kier molecular flexibility index (Phi) is 5.45. The minimum Gasteiger partial charge on any atom is -0.496 e. The maximum absolute atomic E-state index is 12.6. The van der Waals surface area contributed by atoms with Crippen molar-refractivity contribution in [3.8, 4) is 5.75 Å². The lowest BCUT2D eigenvalue weighted by molar-refractivity contribution is -0.140. The molecule has 0 N–H and O–H groups in total. The normalized spacial score (nSPS) is 20.0. The summed E-state index contributed by atoms with van der Waals surface area (Å²) in [6, 6.07) is 11.3. The van der Waals surface area contributed by atoms with E-state index in [2.05, 4.69) is 0 Å². The SMILES string of the molecule is COc1ccc(C(=O)OCC(=O)N2[C@H](C)CCC[C@@H]2C)c2ccccc12. The van der Waals surface area contributed by atoms with Gasteiger partial charge in [-0.25, -0.2) is 4.79 Å². The number of fused-ring (bicyclic) bond motifs is 1. The third kappa shape index (κ3) is 3.52. The number of hydrogen-bond acceptors (Lipinski definition) is 4. The van der Waals surface area contributed by atoms with Crippen LogP contribution in [0.4, 0.5) is 0 Å². The molecule has 0 saturated carbocycles. The van der Waals surface area contributed by atoms with Crippen molar-refractivity contribution in [1.82, 2.24) is 4.90 Å². The third-order valence-electron chi connectivity index (χ3n) is 5.13. The van der Waals surface area contributed by atoms with Gasteiger partial charge in [0.1, 0.15) is 5.75 Å². The summed E-state index contributed by atoms with van der Waals surface area (Å²) in [5, 5.41) is 1.60. The Morgan fingerprint density at radius 2 is 1.69 bits per heavy atom. The van der Waals surface area contributed by atoms with Crippen LogP contribution < -0.4 is 4.74 Å². The molecule has 1 amide bonds. The van der Waals surface area contributed by atoms with E-state index in [1.54, 1.807) is 19.2 Å². The number of rotatable bonds is 4. The summed E-state index contributed by atoms with van der Waals surface area (Å²) in [7, 11) is 1.60. The Morgan fingerprint density at radius 1 is 1.04 bits per heavy atom. The third-order valence-corrected chi connectivity index (χ3v) is 5.13. The number of esters is 1. The average Bonchev–Trinajstić information content (AvgIpc) is 2.65. The van der Waals surface area contributed by atoms with E-state index in [0.29, 0.717) is 11.3 Å². The highest BCUT2D eigenvalue weighted by Gasteiger charge is 2.29. The smallest absolute Gasteiger partial charge is 0.339 e. The fraction of sp³-hybridized carbons (Fsp3) is 0.429. The van der Waals surface area contributed by atoms with Crippen LogP contribution in [0, 0.1) is 0 Å². The summed E-state index contributed by atoms with van der Waals surface area (Å²) in [6.07, 6.45) is 3.12. The minimum atomic E-state index is -0.491. The molecule has 0 aromatic heterocycles. The molecule has 1 fully saturated rings. The number of ether oxygens (including phenoxy) is 2. The van der Waals surface area contributed by atoms with Gasteiger partial charge in [0.15, 0.2) is 6.61 Å². The van der Waals surface area contributed by atoms with E-state index < -0.39 is 5.97 Å². The van der Waals surface area contributed by atoms with Crippen LogP contribution in [0.15, 0.2) is 36.4 Å². The predicted octanol–water partition coefficient (Wildman–Crippen LogP) is 3.79. The number of amides is 1. The molecule has 0 spiro atoms. The molecular formula is C21H25NO4. The Hall–Kier alpha value is -2.56. The van der Waals surface area contributed by atoms with Crippen LogP contribution in [0.2, 0.25) is 0 Å². The second-order valence-corrected chi connectivity index (χ2v) is 6.87. The average molecular weight is 355 g/mol. The van der Waals surface area contributed by atoms with Crippen molar-refractivity contribution in [3.63, 3.8) is 0 Å². The van der Waals surface area contributed by atoms with Crippen molar-refractivity contribution < 1.29 is 19.1 Å². The van der Waals surface area contributed by atoms with Gasteiger partial charge in [0.25, 0.3) is 5.91 Å². The lowest BCUT2D eigenvalue weighted by atomic mass is 9.97. The number of likely N-dealkylation sites (tertiary alicyclic amines) is 1. The van der Waals surface area contributed by atoms with Gasteiger partial charge in [-0.2, -0.15) is 0 Å². The Morgan fingerprint density at radius 3 is 2.35 bits per heavy atom. The quantitative estimate of drug-likeness (QED) is 0.783. The standard InChI is InChI=1S/C21H25NO4/c1-14-7-6-8-15(2)22(14)20(23)13-26-21(24)18-11-12-19(25-3)17-10-5-4-9-16(17)18/h4-5,9-12,14-15H,6-8,13H2,1-3H3/t14-,15+. The first-order valence-corrected chi connectivity index (χ1v) is 9.07. The molecule has 0 radical (unpaired) electrons. The Labute approximate surface area is 153 Å². The molecule has 5 nitrogen and oxygen atoms in total. The van der Waals surface area contributed by atoms with Crippen molar-refractivity contribution in [2.24, 2.45) is 0 Å². The highest BCUT2D eigenvalue weighted by Crippen LogP contribution is 2.29. The lowest BCUT2D eigenvalue weighted by Gasteiger charge is -2.38. The number of carbonyl (C=O) groups is 2. The number of piperidine rings is 1. The molecule has 1 aliphatic rings. The molecule has 1 heterocycles. The number of methoxy groups -OCH3 is 1. The van der Waals surface area contributed by atoms with E-state index >= 15 is 0 Å². The van der Waals surface area contributed by atoms with Crippen LogP contribution in [0.3, 0.4) is 0 Å². The van der Waals surface area contributed by atoms with Crippen molar-refractivity contribution in [1.29, 1.82) is 0 Å². The van der Waals surface area contributed by atoms with E-state index in [9.17, 15) is 9.59 Å². The van der Waals surface area contributed by atoms with E-state index in [1.807, 2.05) is 43.0 Å². The molecule has 3 rings (SSSR count). The second kappa shape index (κ2) is 7.77. The van der Waals surface area contributed by atoms with Gasteiger partial charge in [0, 0.05) is 17.5 Å². The molecule has 26 heavy (non-hydrogen) atoms. The molecule has 138 valence electrons. The summed E-state index contributed by atoms with van der Waals surface area (Å²) in [6.45, 7) is 3.87. The van der Waals surface area contributed by atoms with Gasteiger partial charge in [-0.05, 0) is 50.6 Å². The fourth-order valence-electron chi connectivity index (χ4n) is 3.82. The van der Waals surface area contributed by atoms with Crippen LogP contribution in [0.5, 0.6) is 5.75 Å². The molecule has 2 aromatic carbocycles. The maximum Gasteiger partial charge on any atom is 0.339 e. The number of hydrogen-bond donors (Lipinski definition) is 0. The molecule has 1 aliphatic heterocycles. The molecule has 0 unspecified atom stereocenters. The molecule has 5 heteroatoms. The second-order valence-electron chi connectivity index (χ2n) is 6.87. The van der Waals surface area contributed by atoms with Gasteiger partial charge in [0.05, 0.1) is 12.7 Å². The summed E-state index contributed by atoms with van der Waals surface area (Å²) < 4.78 is 10.7. The van der Waals surface area contributed by atoms with E-state index in [4.69, 9.17) is 9.47 Å². The summed E-state index contributed by atoms with van der Waals surface area (Å²) in [5.41, 5.74) is 0.439. The lowest BCUT2D eigenvalue weighted by Crippen LogP contribution is -2.49. The maximum atomic E-state index is 12.6. The Bertz CT molecular complexity index is 807. The minimum absolute atomic E-state index is 0.129. The first-order valence-electron chi connectivity index (χ1n) is 9.07. The molecule has 0 bridgehead atoms.